The third kappa shape index (κ3) is 8.34. The molecule has 1 aromatic heterocycles. The van der Waals surface area contributed by atoms with E-state index in [1.54, 1.807) is 30.3 Å². The highest BCUT2D eigenvalue weighted by atomic mass is 35.5. The molecule has 1 unspecified atom stereocenters. The molecule has 1 aliphatic heterocycles. The molecule has 10 nitrogen and oxygen atoms in total. The predicted molar refractivity (Wildman–Crippen MR) is 167 cm³/mol. The minimum atomic E-state index is -4.71. The van der Waals surface area contributed by atoms with Crippen LogP contribution < -0.4 is 20.7 Å². The van der Waals surface area contributed by atoms with Crippen molar-refractivity contribution in [1.82, 2.24) is 15.2 Å². The first kappa shape index (κ1) is 31.9. The van der Waals surface area contributed by atoms with Crippen LogP contribution in [0.15, 0.2) is 78.9 Å². The molecule has 2 atom stereocenters. The van der Waals surface area contributed by atoms with E-state index in [9.17, 15) is 31.2 Å². The summed E-state index contributed by atoms with van der Waals surface area (Å²) in [5.41, 5.74) is 0.0117. The summed E-state index contributed by atoms with van der Waals surface area (Å²) in [5, 5.41) is 9.49. The average molecular weight is 661 g/mol. The summed E-state index contributed by atoms with van der Waals surface area (Å²) in [7, 11) is -3.58. The van der Waals surface area contributed by atoms with Crippen LogP contribution in [-0.4, -0.2) is 61.7 Å². The lowest BCUT2D eigenvalue weighted by atomic mass is 9.99. The van der Waals surface area contributed by atoms with Gasteiger partial charge in [0.1, 0.15) is 5.69 Å². The molecule has 1 aliphatic rings. The van der Waals surface area contributed by atoms with Gasteiger partial charge < -0.3 is 20.9 Å². The quantitative estimate of drug-likeness (QED) is 0.198. The number of amides is 3. The summed E-state index contributed by atoms with van der Waals surface area (Å²) < 4.78 is 66.9. The van der Waals surface area contributed by atoms with Crippen molar-refractivity contribution in [1.29, 1.82) is 0 Å². The standard InChI is InChI=1S/C30H28ClF3N6O4S/c1-45(43,44)39-21-9-5-6-18(12-21)28(41)36-23-14-22(16-40(17-23)29(42)37-20-7-3-2-4-8-20)35-26-15-27(30(32,33)34)38-25-11-10-19(31)13-24(25)26/h2-13,15,22-23,39H,14,16-17H2,1H3,(H,35,38)(H,36,41)(H,37,42)/t22-,23?/m1/s1. The van der Waals surface area contributed by atoms with E-state index >= 15 is 0 Å². The number of carbonyl (C=O) groups is 2. The second-order valence-corrected chi connectivity index (χ2v) is 12.8. The minimum Gasteiger partial charge on any atom is -0.380 e. The SMILES string of the molecule is CS(=O)(=O)Nc1cccc(C(=O)NC2C[C@@H](Nc3cc(C(F)(F)F)nc4ccc(Cl)cc34)CN(C(=O)Nc3ccccc3)C2)c1. The van der Waals surface area contributed by atoms with Gasteiger partial charge in [0, 0.05) is 58.2 Å². The lowest BCUT2D eigenvalue weighted by molar-refractivity contribution is -0.140. The molecule has 45 heavy (non-hydrogen) atoms. The molecule has 0 bridgehead atoms. The van der Waals surface area contributed by atoms with Gasteiger partial charge in [0.15, 0.2) is 0 Å². The van der Waals surface area contributed by atoms with Crippen LogP contribution in [0.3, 0.4) is 0 Å². The lowest BCUT2D eigenvalue weighted by Crippen LogP contribution is -2.56. The molecule has 0 aliphatic carbocycles. The van der Waals surface area contributed by atoms with Crippen LogP contribution in [0.1, 0.15) is 22.5 Å². The highest BCUT2D eigenvalue weighted by Crippen LogP contribution is 2.35. The number of nitrogens with one attached hydrogen (secondary N) is 4. The van der Waals surface area contributed by atoms with Gasteiger partial charge in [-0.05, 0) is 61.0 Å². The molecule has 3 amide bonds. The smallest absolute Gasteiger partial charge is 0.380 e. The van der Waals surface area contributed by atoms with Gasteiger partial charge in [-0.3, -0.25) is 9.52 Å². The van der Waals surface area contributed by atoms with Crippen molar-refractivity contribution in [3.8, 4) is 0 Å². The normalized spacial score (nSPS) is 17.0. The van der Waals surface area contributed by atoms with Gasteiger partial charge in [-0.25, -0.2) is 18.2 Å². The van der Waals surface area contributed by atoms with E-state index in [1.165, 1.54) is 47.4 Å². The van der Waals surface area contributed by atoms with E-state index < -0.39 is 45.9 Å². The molecule has 2 heterocycles. The maximum Gasteiger partial charge on any atom is 0.433 e. The van der Waals surface area contributed by atoms with E-state index in [2.05, 4.69) is 25.7 Å². The number of alkyl halides is 3. The zero-order valence-corrected chi connectivity index (χ0v) is 25.3. The molecular formula is C30H28ClF3N6O4S. The second kappa shape index (κ2) is 12.8. The number of pyridine rings is 1. The Hall–Kier alpha value is -4.56. The van der Waals surface area contributed by atoms with Gasteiger partial charge in [-0.1, -0.05) is 35.9 Å². The number of carbonyl (C=O) groups excluding carboxylic acids is 2. The molecule has 15 heteroatoms. The van der Waals surface area contributed by atoms with Crippen molar-refractivity contribution < 1.29 is 31.2 Å². The highest BCUT2D eigenvalue weighted by molar-refractivity contribution is 7.92. The van der Waals surface area contributed by atoms with Crippen LogP contribution in [-0.2, 0) is 16.2 Å². The molecule has 236 valence electrons. The van der Waals surface area contributed by atoms with Gasteiger partial charge in [-0.2, -0.15) is 13.2 Å². The van der Waals surface area contributed by atoms with Crippen LogP contribution >= 0.6 is 11.6 Å². The summed E-state index contributed by atoms with van der Waals surface area (Å²) in [5.74, 6) is -0.526. The number of anilines is 3. The molecular weight excluding hydrogens is 633 g/mol. The lowest BCUT2D eigenvalue weighted by Gasteiger charge is -2.39. The van der Waals surface area contributed by atoms with Crippen LogP contribution in [0.2, 0.25) is 5.02 Å². The van der Waals surface area contributed by atoms with Crippen LogP contribution in [0.4, 0.5) is 35.0 Å². The largest absolute Gasteiger partial charge is 0.433 e. The molecule has 1 fully saturated rings. The van der Waals surface area contributed by atoms with Crippen LogP contribution in [0.25, 0.3) is 10.9 Å². The Morgan fingerprint density at radius 3 is 2.36 bits per heavy atom. The number of hydrogen-bond donors (Lipinski definition) is 4. The predicted octanol–water partition coefficient (Wildman–Crippen LogP) is 5.80. The van der Waals surface area contributed by atoms with Gasteiger partial charge in [-0.15, -0.1) is 0 Å². The maximum absolute atomic E-state index is 13.8. The zero-order valence-electron chi connectivity index (χ0n) is 23.7. The molecule has 1 saturated heterocycles. The Kier molecular flexibility index (Phi) is 9.07. The van der Waals surface area contributed by atoms with Crippen molar-refractivity contribution in [3.05, 3.63) is 95.1 Å². The molecule has 4 N–H and O–H groups in total. The minimum absolute atomic E-state index is 0.0821. The molecule has 3 aromatic carbocycles. The Labute approximate surface area is 262 Å². The van der Waals surface area contributed by atoms with E-state index in [4.69, 9.17) is 11.6 Å². The van der Waals surface area contributed by atoms with Crippen molar-refractivity contribution in [2.75, 3.05) is 34.7 Å². The van der Waals surface area contributed by atoms with Crippen LogP contribution in [0, 0.1) is 0 Å². The summed E-state index contributed by atoms with van der Waals surface area (Å²) in [6, 6.07) is 18.2. The van der Waals surface area contributed by atoms with E-state index in [0.717, 1.165) is 12.3 Å². The number of benzene rings is 3. The molecule has 4 aromatic rings. The second-order valence-electron chi connectivity index (χ2n) is 10.6. The molecule has 0 radical (unpaired) electrons. The number of rotatable bonds is 7. The van der Waals surface area contributed by atoms with E-state index in [0.29, 0.717) is 16.1 Å². The first-order valence-corrected chi connectivity index (χ1v) is 15.9. The zero-order chi connectivity index (χ0) is 32.4. The number of nitrogens with zero attached hydrogens (tertiary/aromatic N) is 2. The fourth-order valence-electron chi connectivity index (χ4n) is 5.09. The topological polar surface area (TPSA) is 133 Å². The number of sulfonamides is 1. The Balaban J connectivity index is 1.43. The Morgan fingerprint density at radius 1 is 0.933 bits per heavy atom. The molecule has 0 saturated carbocycles. The number of halogens is 4. The van der Waals surface area contributed by atoms with Gasteiger partial charge in [0.05, 0.1) is 11.8 Å². The Morgan fingerprint density at radius 2 is 1.64 bits per heavy atom. The third-order valence-corrected chi connectivity index (χ3v) is 7.79. The number of likely N-dealkylation sites (tertiary alicyclic amines) is 1. The molecule has 0 spiro atoms. The molecule has 5 rings (SSSR count). The first-order valence-electron chi connectivity index (χ1n) is 13.7. The van der Waals surface area contributed by atoms with E-state index in [1.807, 2.05) is 0 Å². The Bertz CT molecular complexity index is 1840. The fraction of sp³-hybridized carbons (Fsp3) is 0.233. The maximum atomic E-state index is 13.8. The van der Waals surface area contributed by atoms with Crippen molar-refractivity contribution in [3.63, 3.8) is 0 Å². The summed E-state index contributed by atoms with van der Waals surface area (Å²) in [4.78, 5) is 31.8. The number of hydrogen-bond acceptors (Lipinski definition) is 6. The number of piperidine rings is 1. The number of para-hydroxylation sites is 1. The number of aromatic nitrogens is 1. The highest BCUT2D eigenvalue weighted by Gasteiger charge is 2.35. The summed E-state index contributed by atoms with van der Waals surface area (Å²) in [6.45, 7) is 0.200. The van der Waals surface area contributed by atoms with Crippen LogP contribution in [0.5, 0.6) is 0 Å². The first-order chi connectivity index (χ1) is 21.2. The number of fused-ring (bicyclic) bond motifs is 1. The van der Waals surface area contributed by atoms with Gasteiger partial charge in [0.2, 0.25) is 10.0 Å². The summed E-state index contributed by atoms with van der Waals surface area (Å²) >= 11 is 6.17. The fourth-order valence-corrected chi connectivity index (χ4v) is 5.81. The number of urea groups is 1. The van der Waals surface area contributed by atoms with Gasteiger partial charge >= 0.3 is 12.2 Å². The van der Waals surface area contributed by atoms with E-state index in [-0.39, 0.29) is 42.0 Å². The van der Waals surface area contributed by atoms with Gasteiger partial charge in [0.25, 0.3) is 5.91 Å². The monoisotopic (exact) mass is 660 g/mol. The third-order valence-electron chi connectivity index (χ3n) is 6.95. The van der Waals surface area contributed by atoms with Crippen molar-refractivity contribution in [2.45, 2.75) is 24.7 Å². The summed E-state index contributed by atoms with van der Waals surface area (Å²) in [6.07, 6.45) is -3.48. The van der Waals surface area contributed by atoms with Crippen molar-refractivity contribution in [2.24, 2.45) is 0 Å². The van der Waals surface area contributed by atoms with Crippen molar-refractivity contribution >= 4 is 61.5 Å². The average Bonchev–Trinajstić information content (AvgIpc) is 2.96.